The van der Waals surface area contributed by atoms with Crippen LogP contribution in [0, 0.1) is 13.8 Å². The molecule has 0 aliphatic heterocycles. The fraction of sp³-hybridized carbons (Fsp3) is 0.444. The number of aryl methyl sites for hydroxylation is 2. The fourth-order valence-electron chi connectivity index (χ4n) is 2.54. The summed E-state index contributed by atoms with van der Waals surface area (Å²) in [7, 11) is 1.89. The van der Waals surface area contributed by atoms with E-state index in [0.717, 1.165) is 11.3 Å². The zero-order valence-corrected chi connectivity index (χ0v) is 15.1. The van der Waals surface area contributed by atoms with Gasteiger partial charge in [-0.05, 0) is 39.4 Å². The summed E-state index contributed by atoms with van der Waals surface area (Å²) in [4.78, 5) is 30.5. The van der Waals surface area contributed by atoms with Crippen molar-refractivity contribution in [3.8, 4) is 5.75 Å². The number of rotatable bonds is 8. The molecule has 1 heterocycles. The third kappa shape index (κ3) is 5.22. The quantitative estimate of drug-likeness (QED) is 0.713. The van der Waals surface area contributed by atoms with Crippen molar-refractivity contribution in [2.75, 3.05) is 26.8 Å². The first-order valence-electron chi connectivity index (χ1n) is 8.27. The Morgan fingerprint density at radius 2 is 2.00 bits per heavy atom. The van der Waals surface area contributed by atoms with Crippen LogP contribution in [0.2, 0.25) is 0 Å². The summed E-state index contributed by atoms with van der Waals surface area (Å²) in [6.07, 6.45) is 0. The molecule has 1 aromatic heterocycles. The molecule has 1 aromatic carbocycles. The van der Waals surface area contributed by atoms with Crippen molar-refractivity contribution in [1.82, 2.24) is 14.9 Å². The average Bonchev–Trinajstić information content (AvgIpc) is 2.90. The summed E-state index contributed by atoms with van der Waals surface area (Å²) in [5.74, 6) is 0.331. The van der Waals surface area contributed by atoms with E-state index in [1.54, 1.807) is 6.92 Å². The molecule has 0 saturated carbocycles. The van der Waals surface area contributed by atoms with Crippen molar-refractivity contribution in [2.45, 2.75) is 27.3 Å². The number of hydrogen-bond donors (Lipinski definition) is 2. The van der Waals surface area contributed by atoms with Gasteiger partial charge in [0.15, 0.2) is 0 Å². The number of carbonyl (C=O) groups excluding carboxylic acids is 1. The molecule has 2 N–H and O–H groups in total. The van der Waals surface area contributed by atoms with Crippen LogP contribution in [0.15, 0.2) is 23.0 Å². The van der Waals surface area contributed by atoms with Gasteiger partial charge in [-0.15, -0.1) is 0 Å². The monoisotopic (exact) mass is 347 g/mol. The molecule has 7 nitrogen and oxygen atoms in total. The van der Waals surface area contributed by atoms with Gasteiger partial charge in [-0.1, -0.05) is 17.7 Å². The molecular weight excluding hydrogens is 322 g/mol. The number of aromatic nitrogens is 2. The van der Waals surface area contributed by atoms with E-state index in [4.69, 9.17) is 9.47 Å². The Bertz CT molecular complexity index is 779. The Labute approximate surface area is 147 Å². The van der Waals surface area contributed by atoms with Crippen molar-refractivity contribution >= 4 is 5.97 Å². The number of carbonyl (C=O) groups is 1. The predicted octanol–water partition coefficient (Wildman–Crippen LogP) is 2.01. The molecule has 2 rings (SSSR count). The topological polar surface area (TPSA) is 87.4 Å². The minimum absolute atomic E-state index is 0.175. The second kappa shape index (κ2) is 8.53. The summed E-state index contributed by atoms with van der Waals surface area (Å²) in [5, 5.41) is 0. The van der Waals surface area contributed by atoms with Gasteiger partial charge < -0.3 is 14.5 Å². The molecule has 0 saturated heterocycles. The first-order valence-corrected chi connectivity index (χ1v) is 8.27. The van der Waals surface area contributed by atoms with Gasteiger partial charge in [0.25, 0.3) is 0 Å². The van der Waals surface area contributed by atoms with Crippen LogP contribution in [0.5, 0.6) is 5.75 Å². The summed E-state index contributed by atoms with van der Waals surface area (Å²) < 4.78 is 10.8. The zero-order chi connectivity index (χ0) is 18.4. The van der Waals surface area contributed by atoms with Gasteiger partial charge in [0.05, 0.1) is 12.3 Å². The van der Waals surface area contributed by atoms with Crippen molar-refractivity contribution in [1.29, 1.82) is 0 Å². The molecule has 0 bridgehead atoms. The van der Waals surface area contributed by atoms with E-state index >= 15 is 0 Å². The highest BCUT2D eigenvalue weighted by Crippen LogP contribution is 2.18. The Morgan fingerprint density at radius 1 is 1.24 bits per heavy atom. The van der Waals surface area contributed by atoms with Crippen LogP contribution >= 0.6 is 0 Å². The predicted molar refractivity (Wildman–Crippen MR) is 95.1 cm³/mol. The van der Waals surface area contributed by atoms with Gasteiger partial charge in [-0.3, -0.25) is 9.88 Å². The van der Waals surface area contributed by atoms with Gasteiger partial charge >= 0.3 is 11.7 Å². The van der Waals surface area contributed by atoms with Crippen molar-refractivity contribution in [3.05, 3.63) is 51.2 Å². The Morgan fingerprint density at radius 3 is 2.68 bits per heavy atom. The number of benzene rings is 1. The standard InChI is InChI=1S/C18H25N3O4/c1-5-24-17(22)16-14(19-18(23)20-16)11-21(4)8-9-25-15-7-6-12(2)10-13(15)3/h6-7,10H,5,8-9,11H2,1-4H3,(H2,19,20,23). The van der Waals surface area contributed by atoms with Crippen molar-refractivity contribution in [3.63, 3.8) is 0 Å². The number of imidazole rings is 1. The van der Waals surface area contributed by atoms with Crippen LogP contribution in [0.1, 0.15) is 34.2 Å². The lowest BCUT2D eigenvalue weighted by atomic mass is 10.1. The third-order valence-electron chi connectivity index (χ3n) is 3.77. The maximum atomic E-state index is 11.9. The van der Waals surface area contributed by atoms with Gasteiger partial charge in [-0.25, -0.2) is 9.59 Å². The van der Waals surface area contributed by atoms with Gasteiger partial charge in [-0.2, -0.15) is 0 Å². The lowest BCUT2D eigenvalue weighted by molar-refractivity contribution is 0.0517. The van der Waals surface area contributed by atoms with E-state index < -0.39 is 11.7 Å². The molecule has 0 atom stereocenters. The SMILES string of the molecule is CCOC(=O)c1[nH]c(=O)[nH]c1CN(C)CCOc1ccc(C)cc1C. The number of ether oxygens (including phenoxy) is 2. The van der Waals surface area contributed by atoms with Gasteiger partial charge in [0, 0.05) is 13.1 Å². The fourth-order valence-corrected chi connectivity index (χ4v) is 2.54. The summed E-state index contributed by atoms with van der Waals surface area (Å²) in [6, 6.07) is 6.06. The highest BCUT2D eigenvalue weighted by molar-refractivity contribution is 5.88. The van der Waals surface area contributed by atoms with E-state index in [-0.39, 0.29) is 12.3 Å². The van der Waals surface area contributed by atoms with Gasteiger partial charge in [0.2, 0.25) is 0 Å². The number of aromatic amines is 2. The number of esters is 1. The van der Waals surface area contributed by atoms with Crippen LogP contribution in [-0.2, 0) is 11.3 Å². The zero-order valence-electron chi connectivity index (χ0n) is 15.1. The maximum Gasteiger partial charge on any atom is 0.356 e. The smallest absolute Gasteiger partial charge is 0.356 e. The average molecular weight is 347 g/mol. The summed E-state index contributed by atoms with van der Waals surface area (Å²) in [6.45, 7) is 7.59. The molecule has 0 unspecified atom stereocenters. The van der Waals surface area contributed by atoms with E-state index in [9.17, 15) is 9.59 Å². The second-order valence-electron chi connectivity index (χ2n) is 6.01. The molecule has 0 aliphatic rings. The summed E-state index contributed by atoms with van der Waals surface area (Å²) in [5.41, 5.74) is 2.57. The molecule has 2 aromatic rings. The molecule has 25 heavy (non-hydrogen) atoms. The number of H-pyrrole nitrogens is 2. The van der Waals surface area contributed by atoms with E-state index in [0.29, 0.717) is 25.4 Å². The minimum atomic E-state index is -0.532. The Kier molecular flexibility index (Phi) is 6.41. The molecule has 0 spiro atoms. The number of nitrogens with one attached hydrogen (secondary N) is 2. The molecule has 0 radical (unpaired) electrons. The molecule has 7 heteroatoms. The largest absolute Gasteiger partial charge is 0.492 e. The van der Waals surface area contributed by atoms with Gasteiger partial charge in [0.1, 0.15) is 18.1 Å². The summed E-state index contributed by atoms with van der Waals surface area (Å²) >= 11 is 0. The Balaban J connectivity index is 1.91. The van der Waals surface area contributed by atoms with E-state index in [2.05, 4.69) is 16.0 Å². The van der Waals surface area contributed by atoms with Crippen LogP contribution in [-0.4, -0.2) is 47.6 Å². The first kappa shape index (κ1) is 18.8. The number of likely N-dealkylation sites (N-methyl/N-ethyl adjacent to an activating group) is 1. The molecule has 136 valence electrons. The maximum absolute atomic E-state index is 11.9. The van der Waals surface area contributed by atoms with Crippen molar-refractivity contribution in [2.24, 2.45) is 0 Å². The lowest BCUT2D eigenvalue weighted by Crippen LogP contribution is -2.25. The normalized spacial score (nSPS) is 10.9. The van der Waals surface area contributed by atoms with Crippen molar-refractivity contribution < 1.29 is 14.3 Å². The van der Waals surface area contributed by atoms with Crippen LogP contribution in [0.4, 0.5) is 0 Å². The minimum Gasteiger partial charge on any atom is -0.492 e. The molecule has 0 fully saturated rings. The highest BCUT2D eigenvalue weighted by atomic mass is 16.5. The number of nitrogens with zero attached hydrogens (tertiary/aromatic N) is 1. The highest BCUT2D eigenvalue weighted by Gasteiger charge is 2.17. The molecular formula is C18H25N3O4. The van der Waals surface area contributed by atoms with Crippen LogP contribution < -0.4 is 10.4 Å². The van der Waals surface area contributed by atoms with Crippen LogP contribution in [0.3, 0.4) is 0 Å². The number of hydrogen-bond acceptors (Lipinski definition) is 5. The molecule has 0 aliphatic carbocycles. The Hall–Kier alpha value is -2.54. The second-order valence-corrected chi connectivity index (χ2v) is 6.01. The van der Waals surface area contributed by atoms with E-state index in [1.807, 2.05) is 37.9 Å². The first-order chi connectivity index (χ1) is 11.9. The molecule has 0 amide bonds. The van der Waals surface area contributed by atoms with E-state index in [1.165, 1.54) is 5.56 Å². The lowest BCUT2D eigenvalue weighted by Gasteiger charge is -2.17. The van der Waals surface area contributed by atoms with Crippen LogP contribution in [0.25, 0.3) is 0 Å². The third-order valence-corrected chi connectivity index (χ3v) is 3.77.